The van der Waals surface area contributed by atoms with Gasteiger partial charge in [0.2, 0.25) is 0 Å². The molecule has 1 aromatic carbocycles. The lowest BCUT2D eigenvalue weighted by Crippen LogP contribution is -2.33. The van der Waals surface area contributed by atoms with E-state index in [4.69, 9.17) is 0 Å². The normalized spacial score (nSPS) is 30.4. The van der Waals surface area contributed by atoms with Crippen molar-refractivity contribution in [3.05, 3.63) is 29.8 Å². The molecule has 2 saturated carbocycles. The zero-order chi connectivity index (χ0) is 18.7. The average Bonchev–Trinajstić information content (AvgIpc) is 2.63. The average molecular weight is 372 g/mol. The van der Waals surface area contributed by atoms with Crippen LogP contribution in [0, 0.1) is 17.8 Å². The van der Waals surface area contributed by atoms with Gasteiger partial charge in [-0.1, -0.05) is 31.9 Å². The van der Waals surface area contributed by atoms with Gasteiger partial charge < -0.3 is 4.74 Å². The molecule has 1 aromatic rings. The fraction of sp³-hybridized carbons (Fsp3) is 0.714. The van der Waals surface area contributed by atoms with Gasteiger partial charge in [-0.15, -0.1) is 0 Å². The number of halogens is 4. The highest BCUT2D eigenvalue weighted by molar-refractivity contribution is 5.30. The third kappa shape index (κ3) is 4.72. The SMILES string of the molecule is CC1CCC(C2CCC(c3ccc(OC(F)(F)C(F)F)cc3)CC2)CC1. The quantitative estimate of drug-likeness (QED) is 0.505. The molecule has 0 atom stereocenters. The standard InChI is InChI=1S/C21H28F4O/c1-14-2-4-15(5-3-14)16-6-8-17(9-7-16)18-10-12-19(13-11-18)26-21(24,25)20(22)23/h10-17,20H,2-9H2,1H3. The zero-order valence-corrected chi connectivity index (χ0v) is 15.3. The van der Waals surface area contributed by atoms with E-state index >= 15 is 0 Å². The molecule has 0 N–H and O–H groups in total. The van der Waals surface area contributed by atoms with Gasteiger partial charge in [0.05, 0.1) is 0 Å². The fourth-order valence-corrected chi connectivity index (χ4v) is 4.69. The second-order valence-corrected chi connectivity index (χ2v) is 8.17. The number of hydrogen-bond acceptors (Lipinski definition) is 1. The fourth-order valence-electron chi connectivity index (χ4n) is 4.69. The maximum atomic E-state index is 13.0. The number of ether oxygens (including phenoxy) is 1. The predicted molar refractivity (Wildman–Crippen MR) is 93.8 cm³/mol. The minimum absolute atomic E-state index is 0.218. The first-order chi connectivity index (χ1) is 12.3. The Morgan fingerprint density at radius 3 is 1.85 bits per heavy atom. The molecule has 0 amide bonds. The van der Waals surface area contributed by atoms with Gasteiger partial charge in [0.25, 0.3) is 0 Å². The molecule has 0 bridgehead atoms. The molecule has 0 aliphatic heterocycles. The smallest absolute Gasteiger partial charge is 0.428 e. The summed E-state index contributed by atoms with van der Waals surface area (Å²) in [6.45, 7) is 2.34. The molecule has 2 fully saturated rings. The van der Waals surface area contributed by atoms with E-state index in [1.807, 2.05) is 0 Å². The van der Waals surface area contributed by atoms with Gasteiger partial charge in [-0.2, -0.15) is 17.6 Å². The molecule has 0 radical (unpaired) electrons. The Labute approximate surface area is 153 Å². The largest absolute Gasteiger partial charge is 0.461 e. The van der Waals surface area contributed by atoms with E-state index in [9.17, 15) is 17.6 Å². The van der Waals surface area contributed by atoms with Crippen molar-refractivity contribution in [2.75, 3.05) is 0 Å². The summed E-state index contributed by atoms with van der Waals surface area (Å²) >= 11 is 0. The first kappa shape index (κ1) is 19.5. The molecule has 1 nitrogen and oxygen atoms in total. The summed E-state index contributed by atoms with van der Waals surface area (Å²) in [4.78, 5) is 0. The Morgan fingerprint density at radius 2 is 1.35 bits per heavy atom. The second kappa shape index (κ2) is 8.18. The molecule has 2 aliphatic rings. The predicted octanol–water partition coefficient (Wildman–Crippen LogP) is 7.02. The number of hydrogen-bond donors (Lipinski definition) is 0. The van der Waals surface area contributed by atoms with E-state index in [1.165, 1.54) is 50.7 Å². The van der Waals surface area contributed by atoms with Crippen LogP contribution in [-0.2, 0) is 0 Å². The first-order valence-corrected chi connectivity index (χ1v) is 9.80. The van der Waals surface area contributed by atoms with Crippen LogP contribution in [0.15, 0.2) is 24.3 Å². The first-order valence-electron chi connectivity index (χ1n) is 9.80. The third-order valence-electron chi connectivity index (χ3n) is 6.36. The number of rotatable bonds is 5. The molecule has 146 valence electrons. The van der Waals surface area contributed by atoms with Gasteiger partial charge in [-0.05, 0) is 79.9 Å². The number of benzene rings is 1. The molecule has 5 heteroatoms. The molecule has 0 spiro atoms. The van der Waals surface area contributed by atoms with Crippen molar-refractivity contribution in [1.82, 2.24) is 0 Å². The van der Waals surface area contributed by atoms with E-state index in [0.29, 0.717) is 5.92 Å². The Morgan fingerprint density at radius 1 is 0.846 bits per heavy atom. The Hall–Kier alpha value is -1.26. The molecule has 0 unspecified atom stereocenters. The van der Waals surface area contributed by atoms with E-state index in [0.717, 1.165) is 36.2 Å². The highest BCUT2D eigenvalue weighted by Gasteiger charge is 2.44. The van der Waals surface area contributed by atoms with Gasteiger partial charge >= 0.3 is 12.5 Å². The lowest BCUT2D eigenvalue weighted by Gasteiger charge is -2.37. The van der Waals surface area contributed by atoms with E-state index in [2.05, 4.69) is 11.7 Å². The summed E-state index contributed by atoms with van der Waals surface area (Å²) in [7, 11) is 0. The Bertz CT molecular complexity index is 556. The lowest BCUT2D eigenvalue weighted by molar-refractivity contribution is -0.253. The van der Waals surface area contributed by atoms with Gasteiger partial charge in [0.1, 0.15) is 5.75 Å². The van der Waals surface area contributed by atoms with Crippen LogP contribution in [0.5, 0.6) is 5.75 Å². The maximum Gasteiger partial charge on any atom is 0.461 e. The zero-order valence-electron chi connectivity index (χ0n) is 15.3. The summed E-state index contributed by atoms with van der Waals surface area (Å²) < 4.78 is 54.5. The van der Waals surface area contributed by atoms with E-state index < -0.39 is 12.5 Å². The van der Waals surface area contributed by atoms with Gasteiger partial charge in [-0.3, -0.25) is 0 Å². The Balaban J connectivity index is 1.51. The molecule has 3 rings (SSSR count). The van der Waals surface area contributed by atoms with E-state index in [1.54, 1.807) is 12.1 Å². The van der Waals surface area contributed by atoms with Crippen molar-refractivity contribution in [2.45, 2.75) is 76.7 Å². The molecule has 26 heavy (non-hydrogen) atoms. The van der Waals surface area contributed by atoms with Crippen molar-refractivity contribution in [3.63, 3.8) is 0 Å². The van der Waals surface area contributed by atoms with Crippen molar-refractivity contribution >= 4 is 0 Å². The van der Waals surface area contributed by atoms with Crippen LogP contribution in [0.1, 0.15) is 69.8 Å². The topological polar surface area (TPSA) is 9.23 Å². The molecule has 0 heterocycles. The second-order valence-electron chi connectivity index (χ2n) is 8.17. The summed E-state index contributed by atoms with van der Waals surface area (Å²) in [5, 5.41) is 0. The minimum atomic E-state index is -4.45. The van der Waals surface area contributed by atoms with Crippen molar-refractivity contribution in [3.8, 4) is 5.75 Å². The molecular formula is C21H28F4O. The number of alkyl halides is 4. The molecule has 0 aromatic heterocycles. The van der Waals surface area contributed by atoms with E-state index in [-0.39, 0.29) is 5.75 Å². The van der Waals surface area contributed by atoms with Crippen LogP contribution in [-0.4, -0.2) is 12.5 Å². The summed E-state index contributed by atoms with van der Waals surface area (Å²) in [5.74, 6) is 2.79. The highest BCUT2D eigenvalue weighted by atomic mass is 19.3. The van der Waals surface area contributed by atoms with Crippen molar-refractivity contribution in [1.29, 1.82) is 0 Å². The lowest BCUT2D eigenvalue weighted by atomic mass is 9.68. The van der Waals surface area contributed by atoms with Gasteiger partial charge in [0.15, 0.2) is 0 Å². The van der Waals surface area contributed by atoms with Crippen LogP contribution in [0.25, 0.3) is 0 Å². The van der Waals surface area contributed by atoms with Crippen molar-refractivity contribution < 1.29 is 22.3 Å². The van der Waals surface area contributed by atoms with Crippen LogP contribution < -0.4 is 4.74 Å². The third-order valence-corrected chi connectivity index (χ3v) is 6.36. The summed E-state index contributed by atoms with van der Waals surface area (Å²) in [6, 6.07) is 6.23. The van der Waals surface area contributed by atoms with Crippen LogP contribution in [0.4, 0.5) is 17.6 Å². The van der Waals surface area contributed by atoms with Crippen LogP contribution >= 0.6 is 0 Å². The van der Waals surface area contributed by atoms with Gasteiger partial charge in [-0.25, -0.2) is 0 Å². The monoisotopic (exact) mass is 372 g/mol. The summed E-state index contributed by atoms with van der Waals surface area (Å²) in [5.41, 5.74) is 1.09. The maximum absolute atomic E-state index is 13.0. The van der Waals surface area contributed by atoms with Crippen LogP contribution in [0.2, 0.25) is 0 Å². The minimum Gasteiger partial charge on any atom is -0.428 e. The van der Waals surface area contributed by atoms with Crippen molar-refractivity contribution in [2.24, 2.45) is 17.8 Å². The van der Waals surface area contributed by atoms with Gasteiger partial charge in [0, 0.05) is 0 Å². The summed E-state index contributed by atoms with van der Waals surface area (Å²) in [6.07, 6.45) is 1.84. The van der Waals surface area contributed by atoms with Crippen LogP contribution in [0.3, 0.4) is 0 Å². The molecular weight excluding hydrogens is 344 g/mol. The molecule has 0 saturated heterocycles. The Kier molecular flexibility index (Phi) is 6.13. The highest BCUT2D eigenvalue weighted by Crippen LogP contribution is 2.44. The molecule has 2 aliphatic carbocycles.